The summed E-state index contributed by atoms with van der Waals surface area (Å²) < 4.78 is 2.00. The van der Waals surface area contributed by atoms with Crippen molar-refractivity contribution in [3.05, 3.63) is 11.3 Å². The third kappa shape index (κ3) is 2.63. The Morgan fingerprint density at radius 1 is 1.47 bits per heavy atom. The van der Waals surface area contributed by atoms with Gasteiger partial charge in [-0.25, -0.2) is 0 Å². The summed E-state index contributed by atoms with van der Waals surface area (Å²) in [5.41, 5.74) is 2.48. The lowest BCUT2D eigenvalue weighted by molar-refractivity contribution is 0.662. The van der Waals surface area contributed by atoms with Crippen LogP contribution < -0.4 is 10.2 Å². The Morgan fingerprint density at radius 2 is 2.12 bits per heavy atom. The maximum absolute atomic E-state index is 4.55. The maximum Gasteiger partial charge on any atom is 0.131 e. The standard InChI is InChI=1S/C13H24N4/c1-9(2)16(4)13-12(8-14-11-6-7-11)10(3)15-17(13)5/h9,11,14H,6-8H2,1-5H3. The molecule has 1 heterocycles. The van der Waals surface area contributed by atoms with Crippen molar-refractivity contribution < 1.29 is 0 Å². The summed E-state index contributed by atoms with van der Waals surface area (Å²) in [6, 6.07) is 1.23. The van der Waals surface area contributed by atoms with Crippen LogP contribution in [0.4, 0.5) is 5.82 Å². The van der Waals surface area contributed by atoms with Gasteiger partial charge in [-0.2, -0.15) is 5.10 Å². The van der Waals surface area contributed by atoms with Crippen LogP contribution in [0.5, 0.6) is 0 Å². The van der Waals surface area contributed by atoms with Crippen LogP contribution in [0, 0.1) is 6.92 Å². The first-order valence-corrected chi connectivity index (χ1v) is 6.49. The molecule has 1 aliphatic carbocycles. The van der Waals surface area contributed by atoms with Crippen LogP contribution in [0.15, 0.2) is 0 Å². The molecule has 0 unspecified atom stereocenters. The van der Waals surface area contributed by atoms with E-state index in [0.717, 1.165) is 18.3 Å². The minimum Gasteiger partial charge on any atom is -0.357 e. The number of nitrogens with one attached hydrogen (secondary N) is 1. The Labute approximate surface area is 104 Å². The molecule has 0 bridgehead atoms. The minimum atomic E-state index is 0.490. The van der Waals surface area contributed by atoms with E-state index >= 15 is 0 Å². The van der Waals surface area contributed by atoms with E-state index in [1.54, 1.807) is 0 Å². The quantitative estimate of drug-likeness (QED) is 0.846. The van der Waals surface area contributed by atoms with Gasteiger partial charge in [-0.1, -0.05) is 0 Å². The van der Waals surface area contributed by atoms with Crippen LogP contribution in [-0.4, -0.2) is 28.9 Å². The second kappa shape index (κ2) is 4.69. The lowest BCUT2D eigenvalue weighted by atomic mass is 10.2. The molecule has 1 saturated carbocycles. The molecule has 1 aromatic rings. The van der Waals surface area contributed by atoms with Gasteiger partial charge in [0.15, 0.2) is 0 Å². The van der Waals surface area contributed by atoms with Gasteiger partial charge in [-0.05, 0) is 33.6 Å². The third-order valence-corrected chi connectivity index (χ3v) is 3.57. The number of anilines is 1. The number of aromatic nitrogens is 2. The fourth-order valence-corrected chi connectivity index (χ4v) is 2.12. The highest BCUT2D eigenvalue weighted by Crippen LogP contribution is 2.26. The van der Waals surface area contributed by atoms with Gasteiger partial charge in [0, 0.05) is 38.3 Å². The van der Waals surface area contributed by atoms with Gasteiger partial charge in [0.2, 0.25) is 0 Å². The molecule has 17 heavy (non-hydrogen) atoms. The molecule has 0 atom stereocenters. The maximum atomic E-state index is 4.55. The van der Waals surface area contributed by atoms with Crippen LogP contribution in [-0.2, 0) is 13.6 Å². The first-order valence-electron chi connectivity index (χ1n) is 6.49. The van der Waals surface area contributed by atoms with Gasteiger partial charge < -0.3 is 10.2 Å². The monoisotopic (exact) mass is 236 g/mol. The Morgan fingerprint density at radius 3 is 2.65 bits per heavy atom. The second-order valence-electron chi connectivity index (χ2n) is 5.37. The summed E-state index contributed by atoms with van der Waals surface area (Å²) in [6.07, 6.45) is 2.66. The molecule has 0 spiro atoms. The smallest absolute Gasteiger partial charge is 0.131 e. The zero-order chi connectivity index (χ0) is 12.6. The fraction of sp³-hybridized carbons (Fsp3) is 0.769. The van der Waals surface area contributed by atoms with Gasteiger partial charge >= 0.3 is 0 Å². The first kappa shape index (κ1) is 12.4. The second-order valence-corrected chi connectivity index (χ2v) is 5.37. The molecule has 1 aliphatic rings. The lowest BCUT2D eigenvalue weighted by Gasteiger charge is -2.25. The molecule has 1 fully saturated rings. The van der Waals surface area contributed by atoms with E-state index in [9.17, 15) is 0 Å². The summed E-state index contributed by atoms with van der Waals surface area (Å²) in [5.74, 6) is 1.24. The van der Waals surface area contributed by atoms with E-state index in [1.165, 1.54) is 24.2 Å². The average Bonchev–Trinajstić information content (AvgIpc) is 3.02. The molecule has 0 aliphatic heterocycles. The molecule has 4 heteroatoms. The van der Waals surface area contributed by atoms with Gasteiger partial charge in [0.05, 0.1) is 5.69 Å². The SMILES string of the molecule is Cc1nn(C)c(N(C)C(C)C)c1CNC1CC1. The molecule has 0 amide bonds. The molecule has 2 rings (SSSR count). The van der Waals surface area contributed by atoms with Crippen LogP contribution in [0.3, 0.4) is 0 Å². The highest BCUT2D eigenvalue weighted by molar-refractivity contribution is 5.50. The average molecular weight is 236 g/mol. The predicted octanol–water partition coefficient (Wildman–Crippen LogP) is 1.83. The van der Waals surface area contributed by atoms with E-state index in [0.29, 0.717) is 6.04 Å². The highest BCUT2D eigenvalue weighted by Gasteiger charge is 2.23. The topological polar surface area (TPSA) is 33.1 Å². The van der Waals surface area contributed by atoms with Crippen LogP contribution >= 0.6 is 0 Å². The van der Waals surface area contributed by atoms with Crippen LogP contribution in [0.2, 0.25) is 0 Å². The van der Waals surface area contributed by atoms with Crippen molar-refractivity contribution in [3.8, 4) is 0 Å². The molecule has 0 saturated heterocycles. The summed E-state index contributed by atoms with van der Waals surface area (Å²) in [7, 11) is 4.17. The van der Waals surface area contributed by atoms with E-state index in [4.69, 9.17) is 0 Å². The molecular formula is C13H24N4. The summed E-state index contributed by atoms with van der Waals surface area (Å²) >= 11 is 0. The van der Waals surface area contributed by atoms with E-state index in [1.807, 2.05) is 11.7 Å². The van der Waals surface area contributed by atoms with Crippen molar-refractivity contribution in [2.45, 2.75) is 52.2 Å². The van der Waals surface area contributed by atoms with Crippen molar-refractivity contribution in [1.82, 2.24) is 15.1 Å². The minimum absolute atomic E-state index is 0.490. The Hall–Kier alpha value is -1.03. The molecule has 0 aromatic carbocycles. The van der Waals surface area contributed by atoms with Gasteiger partial charge in [0.25, 0.3) is 0 Å². The highest BCUT2D eigenvalue weighted by atomic mass is 15.4. The van der Waals surface area contributed by atoms with E-state index < -0.39 is 0 Å². The largest absolute Gasteiger partial charge is 0.357 e. The summed E-state index contributed by atoms with van der Waals surface area (Å²) in [5, 5.41) is 8.13. The van der Waals surface area contributed by atoms with Gasteiger partial charge in [-0.15, -0.1) is 0 Å². The van der Waals surface area contributed by atoms with Crippen LogP contribution in [0.1, 0.15) is 37.9 Å². The summed E-state index contributed by atoms with van der Waals surface area (Å²) in [4.78, 5) is 2.30. The lowest BCUT2D eigenvalue weighted by Crippen LogP contribution is -2.29. The van der Waals surface area contributed by atoms with Crippen molar-refractivity contribution >= 4 is 5.82 Å². The van der Waals surface area contributed by atoms with Crippen molar-refractivity contribution in [2.75, 3.05) is 11.9 Å². The van der Waals surface area contributed by atoms with E-state index in [-0.39, 0.29) is 0 Å². The number of hydrogen-bond acceptors (Lipinski definition) is 3. The normalized spacial score (nSPS) is 15.6. The molecule has 0 radical (unpaired) electrons. The van der Waals surface area contributed by atoms with Crippen LogP contribution in [0.25, 0.3) is 0 Å². The molecular weight excluding hydrogens is 212 g/mol. The number of aryl methyl sites for hydroxylation is 2. The van der Waals surface area contributed by atoms with Gasteiger partial charge in [-0.3, -0.25) is 4.68 Å². The Bertz CT molecular complexity index is 390. The predicted molar refractivity (Wildman–Crippen MR) is 71.3 cm³/mol. The first-order chi connectivity index (χ1) is 8.00. The summed E-state index contributed by atoms with van der Waals surface area (Å²) in [6.45, 7) is 7.46. The number of hydrogen-bond donors (Lipinski definition) is 1. The Kier molecular flexibility index (Phi) is 3.43. The third-order valence-electron chi connectivity index (χ3n) is 3.57. The molecule has 96 valence electrons. The number of rotatable bonds is 5. The van der Waals surface area contributed by atoms with Crippen molar-refractivity contribution in [1.29, 1.82) is 0 Å². The number of nitrogens with zero attached hydrogens (tertiary/aromatic N) is 3. The van der Waals surface area contributed by atoms with Gasteiger partial charge in [0.1, 0.15) is 5.82 Å². The zero-order valence-corrected chi connectivity index (χ0v) is 11.6. The molecule has 4 nitrogen and oxygen atoms in total. The van der Waals surface area contributed by atoms with Crippen molar-refractivity contribution in [2.24, 2.45) is 7.05 Å². The fourth-order valence-electron chi connectivity index (χ4n) is 2.12. The van der Waals surface area contributed by atoms with E-state index in [2.05, 4.69) is 43.1 Å². The molecule has 1 aromatic heterocycles. The Balaban J connectivity index is 2.21. The van der Waals surface area contributed by atoms with Crippen molar-refractivity contribution in [3.63, 3.8) is 0 Å². The molecule has 1 N–H and O–H groups in total. The zero-order valence-electron chi connectivity index (χ0n) is 11.6.